The summed E-state index contributed by atoms with van der Waals surface area (Å²) in [6.45, 7) is 2.33. The summed E-state index contributed by atoms with van der Waals surface area (Å²) in [5.74, 6) is -2.69. The van der Waals surface area contributed by atoms with E-state index in [9.17, 15) is 41.9 Å². The Hall–Kier alpha value is -6.37. The van der Waals surface area contributed by atoms with Crippen LogP contribution in [0.2, 0.25) is 0 Å². The van der Waals surface area contributed by atoms with Crippen LogP contribution in [-0.4, -0.2) is 123 Å². The van der Waals surface area contributed by atoms with Crippen molar-refractivity contribution in [1.29, 1.82) is 0 Å². The molecule has 4 aromatic rings. The van der Waals surface area contributed by atoms with E-state index in [2.05, 4.69) is 25.4 Å². The Morgan fingerprint density at radius 3 is 2.33 bits per heavy atom. The average molecular weight is 828 g/mol. The molecule has 3 atom stereocenters. The van der Waals surface area contributed by atoms with Crippen LogP contribution in [0.15, 0.2) is 54.7 Å². The number of hydrogen-bond acceptors (Lipinski definition) is 11. The molecule has 6 amide bonds. The van der Waals surface area contributed by atoms with Crippen LogP contribution < -0.4 is 20.3 Å². The van der Waals surface area contributed by atoms with Crippen LogP contribution in [0.25, 0.3) is 10.9 Å². The summed E-state index contributed by atoms with van der Waals surface area (Å²) in [7, 11) is 1.42. The molecule has 0 saturated carbocycles. The predicted molar refractivity (Wildman–Crippen MR) is 207 cm³/mol. The molecule has 16 nitrogen and oxygen atoms in total. The molecule has 0 radical (unpaired) electrons. The van der Waals surface area contributed by atoms with Crippen LogP contribution in [0, 0.1) is 0 Å². The molecule has 4 fully saturated rings. The van der Waals surface area contributed by atoms with E-state index in [0.717, 1.165) is 48.4 Å². The summed E-state index contributed by atoms with van der Waals surface area (Å²) in [6, 6.07) is 10.9. The third-order valence-corrected chi connectivity index (χ3v) is 12.3. The number of piperazine rings is 1. The number of carbonyl (C=O) groups excluding carboxylic acids is 6. The normalized spacial score (nSPS) is 23.3. The van der Waals surface area contributed by atoms with E-state index in [1.165, 1.54) is 13.2 Å². The first-order valence-electron chi connectivity index (χ1n) is 19.8. The maximum absolute atomic E-state index is 13.7. The molecule has 2 bridgehead atoms. The van der Waals surface area contributed by atoms with Gasteiger partial charge in [-0.3, -0.25) is 48.6 Å². The van der Waals surface area contributed by atoms with Crippen LogP contribution in [0.5, 0.6) is 5.75 Å². The molecule has 7 heterocycles. The maximum atomic E-state index is 13.7. The summed E-state index contributed by atoms with van der Waals surface area (Å²) in [4.78, 5) is 87.9. The Morgan fingerprint density at radius 2 is 1.63 bits per heavy atom. The number of pyridine rings is 1. The third-order valence-electron chi connectivity index (χ3n) is 12.3. The van der Waals surface area contributed by atoms with Gasteiger partial charge in [0.1, 0.15) is 23.2 Å². The van der Waals surface area contributed by atoms with Crippen LogP contribution >= 0.6 is 0 Å². The number of fused-ring (bicyclic) bond motifs is 4. The van der Waals surface area contributed by atoms with Gasteiger partial charge in [0, 0.05) is 68.0 Å². The fourth-order valence-corrected chi connectivity index (χ4v) is 9.28. The molecule has 2 aromatic carbocycles. The van der Waals surface area contributed by atoms with Gasteiger partial charge in [-0.1, -0.05) is 6.07 Å². The van der Waals surface area contributed by atoms with Crippen molar-refractivity contribution >= 4 is 57.7 Å². The Labute approximate surface area is 340 Å². The molecule has 312 valence electrons. The third kappa shape index (κ3) is 7.09. The zero-order valence-electron chi connectivity index (χ0n) is 32.4. The fourth-order valence-electron chi connectivity index (χ4n) is 9.28. The number of aromatic nitrogens is 3. The highest BCUT2D eigenvalue weighted by Gasteiger charge is 2.46. The molecule has 4 saturated heterocycles. The largest absolute Gasteiger partial charge is 0.494 e. The lowest BCUT2D eigenvalue weighted by molar-refractivity contribution is -0.141. The minimum absolute atomic E-state index is 0.0448. The number of hydrogen-bond donors (Lipinski definition) is 2. The second-order valence-corrected chi connectivity index (χ2v) is 15.8. The van der Waals surface area contributed by atoms with Gasteiger partial charge in [-0.25, -0.2) is 4.98 Å². The molecule has 0 spiro atoms. The summed E-state index contributed by atoms with van der Waals surface area (Å²) < 4.78 is 47.0. The van der Waals surface area contributed by atoms with Gasteiger partial charge in [0.05, 0.1) is 42.0 Å². The predicted octanol–water partition coefficient (Wildman–Crippen LogP) is 3.63. The van der Waals surface area contributed by atoms with Gasteiger partial charge < -0.3 is 19.9 Å². The molecule has 19 heteroatoms. The quantitative estimate of drug-likeness (QED) is 0.248. The highest BCUT2D eigenvalue weighted by atomic mass is 19.4. The topological polar surface area (TPSA) is 179 Å². The number of nitrogens with one attached hydrogen (secondary N) is 2. The molecule has 2 aromatic heterocycles. The molecular weight excluding hydrogens is 788 g/mol. The molecule has 60 heavy (non-hydrogen) atoms. The SMILES string of the molecule is COc1cc2nn(C3CC4CCC(C3)N4CC(=O)N3CCN(c4ccc5c(c4)C(=O)N(C4CCC(=O)NC4=O)C5=O)CC3)cc2cc1NC(=O)c1cccc(C(F)(F)F)n1. The lowest BCUT2D eigenvalue weighted by Gasteiger charge is -2.41. The van der Waals surface area contributed by atoms with Crippen molar-refractivity contribution in [2.45, 2.75) is 68.9 Å². The monoisotopic (exact) mass is 827 g/mol. The molecule has 9 rings (SSSR count). The molecular formula is C41H40F3N9O7. The number of alkyl halides is 3. The number of carbonyl (C=O) groups is 6. The Morgan fingerprint density at radius 1 is 0.900 bits per heavy atom. The van der Waals surface area contributed by atoms with Gasteiger partial charge in [0.2, 0.25) is 17.7 Å². The molecule has 5 aliphatic heterocycles. The zero-order chi connectivity index (χ0) is 42.0. The summed E-state index contributed by atoms with van der Waals surface area (Å²) >= 11 is 0. The fraction of sp³-hybridized carbons (Fsp3) is 0.415. The first-order chi connectivity index (χ1) is 28.7. The lowest BCUT2D eigenvalue weighted by Crippen LogP contribution is -2.54. The minimum atomic E-state index is -4.70. The van der Waals surface area contributed by atoms with E-state index in [-0.39, 0.29) is 59.4 Å². The van der Waals surface area contributed by atoms with Gasteiger partial charge >= 0.3 is 6.18 Å². The Balaban J connectivity index is 0.807. The second kappa shape index (κ2) is 15.0. The first kappa shape index (κ1) is 39.1. The number of piperidine rings is 2. The van der Waals surface area contributed by atoms with Crippen molar-refractivity contribution in [2.75, 3.05) is 50.1 Å². The van der Waals surface area contributed by atoms with Crippen molar-refractivity contribution in [3.8, 4) is 5.75 Å². The van der Waals surface area contributed by atoms with Gasteiger partial charge in [0.25, 0.3) is 17.7 Å². The number of anilines is 2. The summed E-state index contributed by atoms with van der Waals surface area (Å²) in [5, 5.41) is 10.4. The van der Waals surface area contributed by atoms with E-state index in [4.69, 9.17) is 9.84 Å². The van der Waals surface area contributed by atoms with Crippen LogP contribution in [0.3, 0.4) is 0 Å². The van der Waals surface area contributed by atoms with E-state index in [0.29, 0.717) is 49.4 Å². The van der Waals surface area contributed by atoms with Crippen molar-refractivity contribution < 1.29 is 46.7 Å². The lowest BCUT2D eigenvalue weighted by atomic mass is 9.97. The van der Waals surface area contributed by atoms with Gasteiger partial charge in [-0.05, 0) is 68.5 Å². The number of imide groups is 2. The van der Waals surface area contributed by atoms with Gasteiger partial charge in [-0.2, -0.15) is 18.3 Å². The van der Waals surface area contributed by atoms with E-state index in [1.54, 1.807) is 30.3 Å². The summed E-state index contributed by atoms with van der Waals surface area (Å²) in [5.41, 5.74) is 0.507. The first-order valence-corrected chi connectivity index (χ1v) is 19.8. The number of methoxy groups -OCH3 is 1. The average Bonchev–Trinajstić information content (AvgIpc) is 3.83. The van der Waals surface area contributed by atoms with E-state index >= 15 is 0 Å². The van der Waals surface area contributed by atoms with Crippen LogP contribution in [0.4, 0.5) is 24.5 Å². The number of rotatable bonds is 8. The summed E-state index contributed by atoms with van der Waals surface area (Å²) in [6.07, 6.45) is 0.805. The molecule has 5 aliphatic rings. The standard InChI is InChI=1S/C41H40F3N9O7/c1-60-33-19-30-22(15-31(33)46-37(56)29-3-2-4-34(45-29)41(42,43)44)20-52(48-30)26-16-24-5-6-25(17-26)51(24)21-36(55)50-13-11-49(12-14-50)23-7-8-27-28(18-23)40(59)53(39(27)58)32-9-10-35(54)47-38(32)57/h2-4,7-8,15,18-20,24-26,32H,5-6,9-14,16-17,21H2,1H3,(H,46,56)(H,47,54,57). The van der Waals surface area contributed by atoms with Crippen molar-refractivity contribution in [2.24, 2.45) is 0 Å². The van der Waals surface area contributed by atoms with Crippen molar-refractivity contribution in [3.63, 3.8) is 0 Å². The minimum Gasteiger partial charge on any atom is -0.494 e. The number of halogens is 3. The number of ether oxygens (including phenoxy) is 1. The number of nitrogens with zero attached hydrogens (tertiary/aromatic N) is 7. The van der Waals surface area contributed by atoms with Crippen molar-refractivity contribution in [1.82, 2.24) is 34.8 Å². The number of benzene rings is 2. The molecule has 3 unspecified atom stereocenters. The maximum Gasteiger partial charge on any atom is 0.433 e. The van der Waals surface area contributed by atoms with E-state index < -0.39 is 47.4 Å². The van der Waals surface area contributed by atoms with Crippen molar-refractivity contribution in [3.05, 3.63) is 77.2 Å². The van der Waals surface area contributed by atoms with Crippen LogP contribution in [0.1, 0.15) is 81.5 Å². The Kier molecular flexibility index (Phi) is 9.79. The van der Waals surface area contributed by atoms with E-state index in [1.807, 2.05) is 15.8 Å². The zero-order valence-corrected chi connectivity index (χ0v) is 32.4. The highest BCUT2D eigenvalue weighted by Crippen LogP contribution is 2.42. The molecule has 0 aliphatic carbocycles. The molecule has 2 N–H and O–H groups in total. The van der Waals surface area contributed by atoms with Gasteiger partial charge in [0.15, 0.2) is 0 Å². The Bertz CT molecular complexity index is 2450. The van der Waals surface area contributed by atoms with Gasteiger partial charge in [-0.15, -0.1) is 0 Å². The second-order valence-electron chi connectivity index (χ2n) is 15.8. The smallest absolute Gasteiger partial charge is 0.433 e. The highest BCUT2D eigenvalue weighted by molar-refractivity contribution is 6.23. The van der Waals surface area contributed by atoms with Crippen LogP contribution in [-0.2, 0) is 20.6 Å². The number of amides is 6.